The Labute approximate surface area is 502 Å². The zero-order valence-corrected chi connectivity index (χ0v) is 51.4. The normalized spacial score (nSPS) is 13.9. The molecule has 0 aromatic rings. The molecule has 0 radical (unpaired) electrons. The summed E-state index contributed by atoms with van der Waals surface area (Å²) in [6.07, 6.45) is 116. The van der Waals surface area contributed by atoms with Crippen LogP contribution in [-0.2, 0) is 19.1 Å². The van der Waals surface area contributed by atoms with Gasteiger partial charge in [0.05, 0.1) is 6.61 Å². The van der Waals surface area contributed by atoms with Gasteiger partial charge in [-0.15, -0.1) is 0 Å². The Morgan fingerprint density at radius 3 is 0.744 bits per heavy atom. The SMILES string of the molecule is CC/C=C\C/C=C\C/C=C\C/C=C\C/C=C\C/C=C\C/C=C\C/C=C\C/C=C\C/C=C\C/C=C\C/C=C\CCCCC(=O)OC(CO)COC(=O)CCCCCC/C=C\C/C=C\C/C=C\C/C=C\C/C=C\C/C=C\C/C=C\C/C=C\CC. The first kappa shape index (κ1) is 75.7. The van der Waals surface area contributed by atoms with Gasteiger partial charge in [0.15, 0.2) is 6.10 Å². The molecule has 0 aliphatic heterocycles. The maximum Gasteiger partial charge on any atom is 0.306 e. The summed E-state index contributed by atoms with van der Waals surface area (Å²) in [4.78, 5) is 24.6. The van der Waals surface area contributed by atoms with Crippen LogP contribution in [0.1, 0.15) is 206 Å². The molecule has 0 fully saturated rings. The molecule has 0 rings (SSSR count). The average Bonchev–Trinajstić information content (AvgIpc) is 3.49. The number of allylic oxidation sites excluding steroid dienone is 40. The predicted molar refractivity (Wildman–Crippen MR) is 361 cm³/mol. The molecule has 1 N–H and O–H groups in total. The van der Waals surface area contributed by atoms with Crippen molar-refractivity contribution in [3.8, 4) is 0 Å². The number of carbonyl (C=O) groups excluding carboxylic acids is 2. The minimum atomic E-state index is -0.829. The molecule has 0 aromatic heterocycles. The zero-order chi connectivity index (χ0) is 59.1. The maximum absolute atomic E-state index is 12.3. The molecule has 5 nitrogen and oxygen atoms in total. The summed E-state index contributed by atoms with van der Waals surface area (Å²) in [5.41, 5.74) is 0. The molecule has 5 heteroatoms. The number of aliphatic hydroxyl groups excluding tert-OH is 1. The van der Waals surface area contributed by atoms with E-state index in [1.165, 1.54) is 0 Å². The number of hydrogen-bond acceptors (Lipinski definition) is 5. The van der Waals surface area contributed by atoms with E-state index in [4.69, 9.17) is 9.47 Å². The van der Waals surface area contributed by atoms with Crippen LogP contribution in [0.15, 0.2) is 243 Å². The van der Waals surface area contributed by atoms with E-state index >= 15 is 0 Å². The molecule has 0 bridgehead atoms. The molecule has 0 spiro atoms. The van der Waals surface area contributed by atoms with Crippen LogP contribution in [0.25, 0.3) is 0 Å². The number of carbonyl (C=O) groups is 2. The van der Waals surface area contributed by atoms with Crippen LogP contribution >= 0.6 is 0 Å². The molecule has 450 valence electrons. The van der Waals surface area contributed by atoms with Gasteiger partial charge in [-0.25, -0.2) is 0 Å². The molecule has 82 heavy (non-hydrogen) atoms. The molecule has 0 aliphatic rings. The lowest BCUT2D eigenvalue weighted by Crippen LogP contribution is -2.28. The van der Waals surface area contributed by atoms with Crippen molar-refractivity contribution >= 4 is 11.9 Å². The fourth-order valence-electron chi connectivity index (χ4n) is 7.49. The van der Waals surface area contributed by atoms with Crippen molar-refractivity contribution in [2.75, 3.05) is 13.2 Å². The minimum absolute atomic E-state index is 0.116. The van der Waals surface area contributed by atoms with Crippen LogP contribution < -0.4 is 0 Å². The van der Waals surface area contributed by atoms with Gasteiger partial charge in [0, 0.05) is 12.8 Å². The second-order valence-corrected chi connectivity index (χ2v) is 19.7. The lowest BCUT2D eigenvalue weighted by molar-refractivity contribution is -0.161. The quantitative estimate of drug-likeness (QED) is 0.0373. The predicted octanol–water partition coefficient (Wildman–Crippen LogP) is 22.3. The largest absolute Gasteiger partial charge is 0.462 e. The van der Waals surface area contributed by atoms with Gasteiger partial charge in [0.25, 0.3) is 0 Å². The van der Waals surface area contributed by atoms with E-state index < -0.39 is 6.10 Å². The van der Waals surface area contributed by atoms with E-state index in [0.717, 1.165) is 173 Å². The highest BCUT2D eigenvalue weighted by atomic mass is 16.6. The number of ether oxygens (including phenoxy) is 2. The second-order valence-electron chi connectivity index (χ2n) is 19.7. The first-order chi connectivity index (χ1) is 40.6. The van der Waals surface area contributed by atoms with Crippen molar-refractivity contribution in [1.29, 1.82) is 0 Å². The van der Waals surface area contributed by atoms with Crippen molar-refractivity contribution in [3.05, 3.63) is 243 Å². The summed E-state index contributed by atoms with van der Waals surface area (Å²) in [6.45, 7) is 3.83. The maximum atomic E-state index is 12.3. The van der Waals surface area contributed by atoms with Gasteiger partial charge in [-0.05, 0) is 167 Å². The van der Waals surface area contributed by atoms with Gasteiger partial charge in [-0.1, -0.05) is 270 Å². The third-order valence-electron chi connectivity index (χ3n) is 12.1. The zero-order valence-electron chi connectivity index (χ0n) is 51.4. The summed E-state index contributed by atoms with van der Waals surface area (Å²) >= 11 is 0. The third kappa shape index (κ3) is 66.2. The molecule has 0 saturated heterocycles. The first-order valence-corrected chi connectivity index (χ1v) is 31.6. The van der Waals surface area contributed by atoms with Crippen molar-refractivity contribution in [2.24, 2.45) is 0 Å². The lowest BCUT2D eigenvalue weighted by atomic mass is 10.1. The number of esters is 2. The Bertz CT molecular complexity index is 2090. The minimum Gasteiger partial charge on any atom is -0.462 e. The molecular weight excluding hydrogens is 1000 g/mol. The van der Waals surface area contributed by atoms with E-state index in [0.29, 0.717) is 12.8 Å². The van der Waals surface area contributed by atoms with Crippen LogP contribution in [0, 0.1) is 0 Å². The van der Waals surface area contributed by atoms with Gasteiger partial charge in [-0.3, -0.25) is 9.59 Å². The Balaban J connectivity index is 3.76. The molecule has 1 unspecified atom stereocenters. The van der Waals surface area contributed by atoms with Crippen LogP contribution in [0.4, 0.5) is 0 Å². The number of hydrogen-bond donors (Lipinski definition) is 1. The molecule has 0 aliphatic carbocycles. The third-order valence-corrected chi connectivity index (χ3v) is 12.1. The summed E-state index contributed by atoms with van der Waals surface area (Å²) in [7, 11) is 0. The second kappa shape index (κ2) is 69.0. The van der Waals surface area contributed by atoms with Crippen LogP contribution in [0.5, 0.6) is 0 Å². The standard InChI is InChI=1S/C77H112O5/c1-3-5-7-9-11-13-15-17-19-21-23-25-27-29-31-33-34-35-36-37-38-39-40-41-42-44-46-48-50-52-54-56-58-60-62-64-66-68-70-72-77(80)82-75(73-78)74-81-76(79)71-69-67-65-63-61-59-57-55-53-51-49-47-45-43-32-30-28-26-24-22-20-18-16-14-12-10-8-6-4-2/h5-8,11-14,17-20,23-26,29-32,34-35,37-38,40-41,44-47,50-53,56-59,62,64,75,78H,3-4,9-10,15-16,21-22,27-28,33,36,39,42-43,48-49,54-55,60-61,63,65-74H2,1-2H3/b7-5-,8-6-,13-11-,14-12-,19-17-,20-18-,25-23-,26-24-,31-29-,32-30-,35-34-,38-37-,41-40-,46-44-,47-45-,52-50-,53-51-,58-56-,59-57-,64-62-. The summed E-state index contributed by atoms with van der Waals surface area (Å²) in [6, 6.07) is 0. The fraction of sp³-hybridized carbons (Fsp3) is 0.455. The topological polar surface area (TPSA) is 72.8 Å². The van der Waals surface area contributed by atoms with Crippen LogP contribution in [0.3, 0.4) is 0 Å². The number of rotatable bonds is 54. The Morgan fingerprint density at radius 1 is 0.280 bits per heavy atom. The number of aliphatic hydroxyl groups is 1. The number of unbranched alkanes of at least 4 members (excludes halogenated alkanes) is 6. The van der Waals surface area contributed by atoms with E-state index in [2.05, 4.69) is 257 Å². The molecular formula is C77H112O5. The van der Waals surface area contributed by atoms with Gasteiger partial charge in [-0.2, -0.15) is 0 Å². The van der Waals surface area contributed by atoms with E-state index in [1.807, 2.05) is 0 Å². The van der Waals surface area contributed by atoms with E-state index in [1.54, 1.807) is 0 Å². The molecule has 0 aromatic carbocycles. The highest BCUT2D eigenvalue weighted by molar-refractivity contribution is 5.70. The Morgan fingerprint density at radius 2 is 0.488 bits per heavy atom. The fourth-order valence-corrected chi connectivity index (χ4v) is 7.49. The highest BCUT2D eigenvalue weighted by Gasteiger charge is 2.16. The summed E-state index contributed by atoms with van der Waals surface area (Å²) in [5.74, 6) is -0.694. The van der Waals surface area contributed by atoms with Crippen molar-refractivity contribution in [1.82, 2.24) is 0 Å². The Hall–Kier alpha value is -6.30. The summed E-state index contributed by atoms with van der Waals surface area (Å²) < 4.78 is 10.7. The first-order valence-electron chi connectivity index (χ1n) is 31.6. The average molecular weight is 1120 g/mol. The monoisotopic (exact) mass is 1120 g/mol. The van der Waals surface area contributed by atoms with Gasteiger partial charge in [0.2, 0.25) is 0 Å². The Kier molecular flexibility index (Phi) is 63.7. The van der Waals surface area contributed by atoms with Gasteiger partial charge < -0.3 is 14.6 Å². The van der Waals surface area contributed by atoms with E-state index in [-0.39, 0.29) is 31.6 Å². The molecule has 1 atom stereocenters. The van der Waals surface area contributed by atoms with Crippen LogP contribution in [0.2, 0.25) is 0 Å². The van der Waals surface area contributed by atoms with Crippen LogP contribution in [-0.4, -0.2) is 36.4 Å². The highest BCUT2D eigenvalue weighted by Crippen LogP contribution is 2.10. The molecule has 0 heterocycles. The van der Waals surface area contributed by atoms with Gasteiger partial charge in [0.1, 0.15) is 6.61 Å². The van der Waals surface area contributed by atoms with Crippen molar-refractivity contribution in [3.63, 3.8) is 0 Å². The molecule has 0 saturated carbocycles. The van der Waals surface area contributed by atoms with E-state index in [9.17, 15) is 14.7 Å². The van der Waals surface area contributed by atoms with Crippen molar-refractivity contribution in [2.45, 2.75) is 213 Å². The van der Waals surface area contributed by atoms with Crippen molar-refractivity contribution < 1.29 is 24.2 Å². The smallest absolute Gasteiger partial charge is 0.306 e. The summed E-state index contributed by atoms with van der Waals surface area (Å²) in [5, 5.41) is 9.67. The van der Waals surface area contributed by atoms with Gasteiger partial charge >= 0.3 is 11.9 Å². The lowest BCUT2D eigenvalue weighted by Gasteiger charge is -2.15. The molecule has 0 amide bonds.